The number of aliphatic hydroxyl groups is 1. The smallest absolute Gasteiger partial charge is 0.221 e. The first-order valence-electron chi connectivity index (χ1n) is 6.84. The van der Waals surface area contributed by atoms with E-state index in [4.69, 9.17) is 0 Å². The number of carbonyl (C=O) groups is 1. The van der Waals surface area contributed by atoms with E-state index in [1.54, 1.807) is 0 Å². The summed E-state index contributed by atoms with van der Waals surface area (Å²) >= 11 is 0. The molecule has 0 spiro atoms. The van der Waals surface area contributed by atoms with Crippen LogP contribution < -0.4 is 5.32 Å². The molecular formula is C14H25N3O2. The summed E-state index contributed by atoms with van der Waals surface area (Å²) in [7, 11) is 0. The minimum absolute atomic E-state index is 0.0460. The van der Waals surface area contributed by atoms with Crippen LogP contribution in [0, 0.1) is 19.8 Å². The molecule has 0 aliphatic carbocycles. The van der Waals surface area contributed by atoms with E-state index in [1.165, 1.54) is 0 Å². The van der Waals surface area contributed by atoms with Crippen LogP contribution in [-0.4, -0.2) is 33.4 Å². The predicted molar refractivity (Wildman–Crippen MR) is 74.8 cm³/mol. The number of nitrogens with zero attached hydrogens (tertiary/aromatic N) is 2. The Hall–Kier alpha value is -1.36. The highest BCUT2D eigenvalue weighted by molar-refractivity contribution is 5.75. The number of aryl methyl sites for hydroxylation is 3. The molecule has 5 nitrogen and oxygen atoms in total. The summed E-state index contributed by atoms with van der Waals surface area (Å²) in [5.41, 5.74) is 2.02. The fourth-order valence-electron chi connectivity index (χ4n) is 2.06. The van der Waals surface area contributed by atoms with Crippen molar-refractivity contribution >= 4 is 5.91 Å². The molecule has 1 unspecified atom stereocenters. The highest BCUT2D eigenvalue weighted by Crippen LogP contribution is 2.04. The molecule has 0 radical (unpaired) electrons. The van der Waals surface area contributed by atoms with Crippen LogP contribution >= 0.6 is 0 Å². The van der Waals surface area contributed by atoms with Gasteiger partial charge in [-0.25, -0.2) is 0 Å². The standard InChI is InChI=1S/C14H25N3O2/c1-10(2)7-13(18)9-15-14(19)5-6-17-12(4)8-11(3)16-17/h8,10,13,18H,5-7,9H2,1-4H3,(H,15,19). The maximum absolute atomic E-state index is 11.7. The first-order chi connectivity index (χ1) is 8.88. The molecule has 1 aromatic rings. The van der Waals surface area contributed by atoms with E-state index in [0.717, 1.165) is 11.4 Å². The zero-order valence-electron chi connectivity index (χ0n) is 12.3. The van der Waals surface area contributed by atoms with Gasteiger partial charge in [0, 0.05) is 25.2 Å². The third-order valence-corrected chi connectivity index (χ3v) is 2.93. The van der Waals surface area contributed by atoms with Gasteiger partial charge in [-0.05, 0) is 32.3 Å². The Balaban J connectivity index is 2.26. The van der Waals surface area contributed by atoms with Gasteiger partial charge in [-0.15, -0.1) is 0 Å². The van der Waals surface area contributed by atoms with Gasteiger partial charge in [-0.1, -0.05) is 13.8 Å². The van der Waals surface area contributed by atoms with Crippen molar-refractivity contribution in [1.29, 1.82) is 0 Å². The first-order valence-corrected chi connectivity index (χ1v) is 6.84. The summed E-state index contributed by atoms with van der Waals surface area (Å²) in [6.07, 6.45) is 0.631. The molecule has 0 saturated carbocycles. The summed E-state index contributed by atoms with van der Waals surface area (Å²) in [6, 6.07) is 1.99. The van der Waals surface area contributed by atoms with E-state index >= 15 is 0 Å². The molecular weight excluding hydrogens is 242 g/mol. The van der Waals surface area contributed by atoms with Gasteiger partial charge in [0.15, 0.2) is 0 Å². The third-order valence-electron chi connectivity index (χ3n) is 2.93. The van der Waals surface area contributed by atoms with Gasteiger partial charge in [0.05, 0.1) is 11.8 Å². The lowest BCUT2D eigenvalue weighted by molar-refractivity contribution is -0.121. The second-order valence-electron chi connectivity index (χ2n) is 5.49. The lowest BCUT2D eigenvalue weighted by Gasteiger charge is -2.14. The van der Waals surface area contributed by atoms with Crippen LogP contribution in [0.4, 0.5) is 0 Å². The summed E-state index contributed by atoms with van der Waals surface area (Å²) in [5.74, 6) is 0.386. The Bertz CT molecular complexity index is 413. The summed E-state index contributed by atoms with van der Waals surface area (Å²) in [5, 5.41) is 16.7. The van der Waals surface area contributed by atoms with Crippen LogP contribution in [0.25, 0.3) is 0 Å². The predicted octanol–water partition coefficient (Wildman–Crippen LogP) is 1.41. The van der Waals surface area contributed by atoms with Gasteiger partial charge < -0.3 is 10.4 Å². The fourth-order valence-corrected chi connectivity index (χ4v) is 2.06. The van der Waals surface area contributed by atoms with Gasteiger partial charge in [-0.2, -0.15) is 5.10 Å². The Morgan fingerprint density at radius 2 is 2.16 bits per heavy atom. The minimum Gasteiger partial charge on any atom is -0.391 e. The molecule has 0 saturated heterocycles. The maximum Gasteiger partial charge on any atom is 0.221 e. The molecule has 1 heterocycles. The average molecular weight is 267 g/mol. The lowest BCUT2D eigenvalue weighted by atomic mass is 10.1. The van der Waals surface area contributed by atoms with Crippen molar-refractivity contribution in [1.82, 2.24) is 15.1 Å². The van der Waals surface area contributed by atoms with Gasteiger partial charge in [0.1, 0.15) is 0 Å². The van der Waals surface area contributed by atoms with E-state index in [2.05, 4.69) is 10.4 Å². The van der Waals surface area contributed by atoms with Crippen LogP contribution in [0.15, 0.2) is 6.07 Å². The van der Waals surface area contributed by atoms with Crippen molar-refractivity contribution in [2.75, 3.05) is 6.54 Å². The summed E-state index contributed by atoms with van der Waals surface area (Å²) in [4.78, 5) is 11.7. The van der Waals surface area contributed by atoms with Crippen LogP contribution in [0.2, 0.25) is 0 Å². The molecule has 19 heavy (non-hydrogen) atoms. The van der Waals surface area contributed by atoms with E-state index in [-0.39, 0.29) is 5.91 Å². The quantitative estimate of drug-likeness (QED) is 0.785. The summed E-state index contributed by atoms with van der Waals surface area (Å²) in [6.45, 7) is 8.91. The number of rotatable bonds is 7. The molecule has 1 amide bonds. The topological polar surface area (TPSA) is 67.2 Å². The van der Waals surface area contributed by atoms with Gasteiger partial charge in [0.2, 0.25) is 5.91 Å². The van der Waals surface area contributed by atoms with Crippen LogP contribution in [0.3, 0.4) is 0 Å². The molecule has 0 aliphatic rings. The molecule has 0 aliphatic heterocycles. The van der Waals surface area contributed by atoms with E-state index < -0.39 is 6.10 Å². The highest BCUT2D eigenvalue weighted by atomic mass is 16.3. The van der Waals surface area contributed by atoms with E-state index in [9.17, 15) is 9.90 Å². The second kappa shape index (κ2) is 7.28. The van der Waals surface area contributed by atoms with Crippen molar-refractivity contribution in [2.24, 2.45) is 5.92 Å². The molecule has 2 N–H and O–H groups in total. The Labute approximate surface area is 115 Å². The minimum atomic E-state index is -0.461. The summed E-state index contributed by atoms with van der Waals surface area (Å²) < 4.78 is 1.83. The monoisotopic (exact) mass is 267 g/mol. The number of aromatic nitrogens is 2. The van der Waals surface area contributed by atoms with Crippen molar-refractivity contribution < 1.29 is 9.90 Å². The highest BCUT2D eigenvalue weighted by Gasteiger charge is 2.09. The molecule has 108 valence electrons. The third kappa shape index (κ3) is 5.87. The first kappa shape index (κ1) is 15.7. The number of carbonyl (C=O) groups excluding carboxylic acids is 1. The molecule has 1 atom stereocenters. The molecule has 5 heteroatoms. The molecule has 0 bridgehead atoms. The molecule has 0 fully saturated rings. The second-order valence-corrected chi connectivity index (χ2v) is 5.49. The fraction of sp³-hybridized carbons (Fsp3) is 0.714. The number of amides is 1. The Morgan fingerprint density at radius 1 is 1.47 bits per heavy atom. The molecule has 0 aromatic carbocycles. The van der Waals surface area contributed by atoms with Gasteiger partial charge in [-0.3, -0.25) is 9.48 Å². The van der Waals surface area contributed by atoms with Crippen molar-refractivity contribution in [3.8, 4) is 0 Å². The number of hydrogen-bond acceptors (Lipinski definition) is 3. The van der Waals surface area contributed by atoms with Crippen molar-refractivity contribution in [3.05, 3.63) is 17.5 Å². The average Bonchev–Trinajstić information content (AvgIpc) is 2.61. The zero-order chi connectivity index (χ0) is 14.4. The van der Waals surface area contributed by atoms with Crippen molar-refractivity contribution in [2.45, 2.75) is 53.2 Å². The Morgan fingerprint density at radius 3 is 2.68 bits per heavy atom. The zero-order valence-corrected chi connectivity index (χ0v) is 12.3. The van der Waals surface area contributed by atoms with Crippen LogP contribution in [-0.2, 0) is 11.3 Å². The molecule has 1 rings (SSSR count). The Kier molecular flexibility index (Phi) is 6.02. The molecule has 1 aromatic heterocycles. The normalized spacial score (nSPS) is 12.7. The van der Waals surface area contributed by atoms with E-state index in [1.807, 2.05) is 38.4 Å². The maximum atomic E-state index is 11.7. The van der Waals surface area contributed by atoms with Gasteiger partial charge in [0.25, 0.3) is 0 Å². The van der Waals surface area contributed by atoms with Gasteiger partial charge >= 0.3 is 0 Å². The van der Waals surface area contributed by atoms with Crippen molar-refractivity contribution in [3.63, 3.8) is 0 Å². The number of nitrogens with one attached hydrogen (secondary N) is 1. The number of aliphatic hydroxyl groups excluding tert-OH is 1. The van der Waals surface area contributed by atoms with Crippen LogP contribution in [0.1, 0.15) is 38.1 Å². The number of hydrogen-bond donors (Lipinski definition) is 2. The SMILES string of the molecule is Cc1cc(C)n(CCC(=O)NCC(O)CC(C)C)n1. The lowest BCUT2D eigenvalue weighted by Crippen LogP contribution is -2.33. The largest absolute Gasteiger partial charge is 0.391 e. The van der Waals surface area contributed by atoms with Crippen LogP contribution in [0.5, 0.6) is 0 Å². The van der Waals surface area contributed by atoms with E-state index in [0.29, 0.717) is 31.8 Å².